The molecule has 3 amide bonds. The fourth-order valence-corrected chi connectivity index (χ4v) is 4.40. The third-order valence-corrected chi connectivity index (χ3v) is 6.85. The number of amides is 3. The normalized spacial score (nSPS) is 13.4. The topological polar surface area (TPSA) is 124 Å². The molecule has 0 fully saturated rings. The van der Waals surface area contributed by atoms with E-state index in [0.29, 0.717) is 0 Å². The molecule has 0 spiro atoms. The molecule has 182 valence electrons. The van der Waals surface area contributed by atoms with Gasteiger partial charge in [-0.3, -0.25) is 14.4 Å². The lowest BCUT2D eigenvalue weighted by Gasteiger charge is -2.27. The fourth-order valence-electron chi connectivity index (χ4n) is 3.33. The van der Waals surface area contributed by atoms with E-state index in [9.17, 15) is 14.4 Å². The summed E-state index contributed by atoms with van der Waals surface area (Å²) in [7, 11) is 0. The zero-order valence-electron chi connectivity index (χ0n) is 20.2. The van der Waals surface area contributed by atoms with Gasteiger partial charge >= 0.3 is 0 Å². The lowest BCUT2D eigenvalue weighted by molar-refractivity contribution is -0.129. The van der Waals surface area contributed by atoms with Crippen LogP contribution in [0, 0.1) is 17.2 Å². The maximum atomic E-state index is 13.2. The molecule has 0 bridgehead atoms. The van der Waals surface area contributed by atoms with Crippen LogP contribution < -0.4 is 16.0 Å². The molecule has 0 saturated carbocycles. The zero-order valence-corrected chi connectivity index (χ0v) is 21.1. The zero-order chi connectivity index (χ0) is 25.3. The molecule has 0 unspecified atom stereocenters. The van der Waals surface area contributed by atoms with Gasteiger partial charge in [0.25, 0.3) is 5.91 Å². The second-order valence-corrected chi connectivity index (χ2v) is 9.36. The van der Waals surface area contributed by atoms with E-state index in [4.69, 9.17) is 5.26 Å². The number of rotatable bonds is 12. The molecule has 34 heavy (non-hydrogen) atoms. The number of hydrogen-bond acceptors (Lipinski definition) is 6. The van der Waals surface area contributed by atoms with Crippen molar-refractivity contribution in [3.05, 3.63) is 40.9 Å². The number of aryl methyl sites for hydroxylation is 1. The van der Waals surface area contributed by atoms with Gasteiger partial charge in [0.1, 0.15) is 17.7 Å². The molecule has 0 radical (unpaired) electrons. The van der Waals surface area contributed by atoms with Crippen LogP contribution in [0.3, 0.4) is 0 Å². The number of nitrogens with zero attached hydrogens (tertiary/aromatic N) is 2. The molecule has 0 aliphatic heterocycles. The first-order valence-corrected chi connectivity index (χ1v) is 12.4. The van der Waals surface area contributed by atoms with Crippen LogP contribution in [0.5, 0.6) is 0 Å². The van der Waals surface area contributed by atoms with E-state index >= 15 is 0 Å². The summed E-state index contributed by atoms with van der Waals surface area (Å²) >= 11 is 1.52. The first-order chi connectivity index (χ1) is 16.2. The molecule has 1 aromatic carbocycles. The lowest BCUT2D eigenvalue weighted by Crippen LogP contribution is -2.54. The number of aromatic nitrogens is 1. The molecule has 3 N–H and O–H groups in total. The average Bonchev–Trinajstić information content (AvgIpc) is 3.25. The fraction of sp³-hybridized carbons (Fsp3) is 0.480. The molecule has 0 saturated heterocycles. The Balaban J connectivity index is 2.19. The summed E-state index contributed by atoms with van der Waals surface area (Å²) < 4.78 is 1.05. The third-order valence-electron chi connectivity index (χ3n) is 5.81. The van der Waals surface area contributed by atoms with Crippen molar-refractivity contribution in [2.75, 3.05) is 6.54 Å². The molecule has 2 rings (SSSR count). The van der Waals surface area contributed by atoms with E-state index in [1.54, 1.807) is 13.0 Å². The molecule has 1 heterocycles. The largest absolute Gasteiger partial charge is 0.350 e. The standard InChI is InChI=1S/C25H33N5O3S/c1-6-15(4)20(14-27-24(32)16(5)13-26)30-25(33)19(28-22(31)8-3)12-23-29-18-10-9-17(7-2)11-21(18)34-23/h9-11,15,19-20H,5-8,12,14H2,1-4H3,(H,27,32)(H,28,31)(H,30,33)/t15-,19-,20+/m0/s1. The number of nitrogens with one attached hydrogen (secondary N) is 3. The van der Waals surface area contributed by atoms with Crippen LogP contribution in [-0.2, 0) is 27.2 Å². The van der Waals surface area contributed by atoms with Crippen molar-refractivity contribution in [1.82, 2.24) is 20.9 Å². The first kappa shape index (κ1) is 27.0. The maximum absolute atomic E-state index is 13.2. The molecule has 0 aliphatic carbocycles. The smallest absolute Gasteiger partial charge is 0.261 e. The van der Waals surface area contributed by atoms with Gasteiger partial charge in [0, 0.05) is 25.4 Å². The van der Waals surface area contributed by atoms with Gasteiger partial charge in [-0.25, -0.2) is 4.98 Å². The highest BCUT2D eigenvalue weighted by atomic mass is 32.1. The van der Waals surface area contributed by atoms with Crippen molar-refractivity contribution in [1.29, 1.82) is 5.26 Å². The molecule has 2 aromatic rings. The van der Waals surface area contributed by atoms with E-state index in [1.165, 1.54) is 16.9 Å². The van der Waals surface area contributed by atoms with Crippen molar-refractivity contribution in [3.63, 3.8) is 0 Å². The Morgan fingerprint density at radius 1 is 1.21 bits per heavy atom. The van der Waals surface area contributed by atoms with Gasteiger partial charge in [-0.15, -0.1) is 11.3 Å². The summed E-state index contributed by atoms with van der Waals surface area (Å²) in [5.74, 6) is -1.08. The van der Waals surface area contributed by atoms with E-state index in [1.807, 2.05) is 26.0 Å². The van der Waals surface area contributed by atoms with Crippen LogP contribution in [0.4, 0.5) is 0 Å². The molecular formula is C25H33N5O3S. The number of carbonyl (C=O) groups excluding carboxylic acids is 3. The van der Waals surface area contributed by atoms with Gasteiger partial charge in [0.15, 0.2) is 0 Å². The number of hydrogen-bond donors (Lipinski definition) is 3. The first-order valence-electron chi connectivity index (χ1n) is 11.6. The lowest BCUT2D eigenvalue weighted by atomic mass is 9.98. The molecule has 8 nitrogen and oxygen atoms in total. The highest BCUT2D eigenvalue weighted by molar-refractivity contribution is 7.18. The Morgan fingerprint density at radius 2 is 1.94 bits per heavy atom. The summed E-state index contributed by atoms with van der Waals surface area (Å²) in [6.45, 7) is 11.3. The summed E-state index contributed by atoms with van der Waals surface area (Å²) in [5, 5.41) is 18.0. The number of carbonyl (C=O) groups is 3. The Morgan fingerprint density at radius 3 is 2.56 bits per heavy atom. The predicted molar refractivity (Wildman–Crippen MR) is 134 cm³/mol. The van der Waals surface area contributed by atoms with Crippen molar-refractivity contribution in [3.8, 4) is 6.07 Å². The minimum Gasteiger partial charge on any atom is -0.350 e. The van der Waals surface area contributed by atoms with E-state index in [2.05, 4.69) is 40.5 Å². The summed E-state index contributed by atoms with van der Waals surface area (Å²) in [4.78, 5) is 42.0. The van der Waals surface area contributed by atoms with Crippen molar-refractivity contribution < 1.29 is 14.4 Å². The van der Waals surface area contributed by atoms with Gasteiger partial charge in [-0.2, -0.15) is 5.26 Å². The Bertz CT molecular complexity index is 1090. The molecule has 1 aromatic heterocycles. The number of nitriles is 1. The minimum absolute atomic E-state index is 0.0528. The van der Waals surface area contributed by atoms with Gasteiger partial charge in [0.05, 0.1) is 15.2 Å². The number of benzene rings is 1. The van der Waals surface area contributed by atoms with Gasteiger partial charge in [-0.05, 0) is 30.0 Å². The third kappa shape index (κ3) is 7.39. The molecule has 0 aliphatic rings. The number of fused-ring (bicyclic) bond motifs is 1. The Kier molecular flexibility index (Phi) is 10.2. The highest BCUT2D eigenvalue weighted by Gasteiger charge is 2.27. The second kappa shape index (κ2) is 12.8. The maximum Gasteiger partial charge on any atom is 0.261 e. The second-order valence-electron chi connectivity index (χ2n) is 8.24. The monoisotopic (exact) mass is 483 g/mol. The minimum atomic E-state index is -0.796. The Hall–Kier alpha value is -3.25. The molecular weight excluding hydrogens is 450 g/mol. The van der Waals surface area contributed by atoms with Gasteiger partial charge in [-0.1, -0.05) is 46.8 Å². The van der Waals surface area contributed by atoms with E-state index < -0.39 is 11.9 Å². The SMILES string of the molecule is C=C(C#N)C(=O)NC[C@@H](NC(=O)[C@H](Cc1nc2ccc(CC)cc2s1)NC(=O)CC)[C@@H](C)CC. The molecule has 3 atom stereocenters. The van der Waals surface area contributed by atoms with Crippen molar-refractivity contribution >= 4 is 39.3 Å². The summed E-state index contributed by atoms with van der Waals surface area (Å²) in [6, 6.07) is 6.67. The van der Waals surface area contributed by atoms with Gasteiger partial charge < -0.3 is 16.0 Å². The van der Waals surface area contributed by atoms with Crippen LogP contribution in [-0.4, -0.2) is 41.3 Å². The van der Waals surface area contributed by atoms with Gasteiger partial charge in [0.2, 0.25) is 11.8 Å². The van der Waals surface area contributed by atoms with Crippen LogP contribution in [0.15, 0.2) is 30.4 Å². The summed E-state index contributed by atoms with van der Waals surface area (Å²) in [5.41, 5.74) is 1.90. The Labute approximate surface area is 204 Å². The van der Waals surface area contributed by atoms with Crippen LogP contribution in [0.25, 0.3) is 10.2 Å². The van der Waals surface area contributed by atoms with Crippen LogP contribution >= 0.6 is 11.3 Å². The van der Waals surface area contributed by atoms with Crippen molar-refractivity contribution in [2.24, 2.45) is 5.92 Å². The number of thiazole rings is 1. The average molecular weight is 484 g/mol. The van der Waals surface area contributed by atoms with E-state index in [0.717, 1.165) is 28.1 Å². The predicted octanol–water partition coefficient (Wildman–Crippen LogP) is 3.02. The molecule has 9 heteroatoms. The quantitative estimate of drug-likeness (QED) is 0.316. The highest BCUT2D eigenvalue weighted by Crippen LogP contribution is 2.24. The van der Waals surface area contributed by atoms with E-state index in [-0.39, 0.29) is 48.7 Å². The van der Waals surface area contributed by atoms with Crippen molar-refractivity contribution in [2.45, 2.75) is 65.5 Å². The van der Waals surface area contributed by atoms with Crippen LogP contribution in [0.1, 0.15) is 51.1 Å². The summed E-state index contributed by atoms with van der Waals surface area (Å²) in [6.07, 6.45) is 2.22. The van der Waals surface area contributed by atoms with Crippen LogP contribution in [0.2, 0.25) is 0 Å².